The minimum atomic E-state index is -4.62. The molecular formula is C29H30F3N9O. The highest BCUT2D eigenvalue weighted by Crippen LogP contribution is 2.34. The third-order valence-corrected chi connectivity index (χ3v) is 7.13. The smallest absolute Gasteiger partial charge is 0.383 e. The summed E-state index contributed by atoms with van der Waals surface area (Å²) in [4.78, 5) is 22.6. The molecule has 13 heteroatoms. The maximum Gasteiger partial charge on any atom is 0.417 e. The Morgan fingerprint density at radius 2 is 1.86 bits per heavy atom. The Morgan fingerprint density at radius 1 is 1.05 bits per heavy atom. The summed E-state index contributed by atoms with van der Waals surface area (Å²) >= 11 is 0. The van der Waals surface area contributed by atoms with Crippen molar-refractivity contribution in [1.29, 1.82) is 5.26 Å². The Hall–Kier alpha value is -4.54. The van der Waals surface area contributed by atoms with E-state index in [9.17, 15) is 13.2 Å². The first-order valence-corrected chi connectivity index (χ1v) is 13.4. The molecule has 1 fully saturated rings. The first-order valence-electron chi connectivity index (χ1n) is 13.4. The molecule has 0 amide bonds. The standard InChI is InChI=1S/C29H30F3N9O/c1-19-3-4-20(16-34-22-6-5-21(15-33)23(14-22)29(30,31)32)13-24(19)38-27-26-25(36-18-37-27)17-35-28(39-26)41-9-7-40(8-10-41)11-12-42-2/h3-6,13-14,17-18,34H,7-12,16H2,1-2H3,(H,36,37,38). The van der Waals surface area contributed by atoms with Gasteiger partial charge in [0, 0.05) is 57.8 Å². The van der Waals surface area contributed by atoms with Crippen LogP contribution in [0.1, 0.15) is 22.3 Å². The number of alkyl halides is 3. The van der Waals surface area contributed by atoms with Crippen molar-refractivity contribution < 1.29 is 17.9 Å². The average Bonchev–Trinajstić information content (AvgIpc) is 3.00. The number of benzene rings is 2. The Labute approximate surface area is 241 Å². The average molecular weight is 578 g/mol. The number of aryl methyl sites for hydroxylation is 1. The van der Waals surface area contributed by atoms with Gasteiger partial charge in [0.15, 0.2) is 5.82 Å². The number of aromatic nitrogens is 4. The summed E-state index contributed by atoms with van der Waals surface area (Å²) in [6.45, 7) is 7.17. The summed E-state index contributed by atoms with van der Waals surface area (Å²) in [6, 6.07) is 10.9. The van der Waals surface area contributed by atoms with E-state index in [1.807, 2.05) is 25.1 Å². The van der Waals surface area contributed by atoms with E-state index in [0.717, 1.165) is 55.6 Å². The lowest BCUT2D eigenvalue weighted by Crippen LogP contribution is -2.47. The maximum atomic E-state index is 13.4. The number of rotatable bonds is 9. The zero-order valence-electron chi connectivity index (χ0n) is 23.2. The van der Waals surface area contributed by atoms with Crippen molar-refractivity contribution in [2.45, 2.75) is 19.6 Å². The number of ether oxygens (including phenoxy) is 1. The van der Waals surface area contributed by atoms with Gasteiger partial charge in [0.1, 0.15) is 17.4 Å². The van der Waals surface area contributed by atoms with Crippen molar-refractivity contribution >= 4 is 34.2 Å². The fourth-order valence-electron chi connectivity index (χ4n) is 4.71. The summed E-state index contributed by atoms with van der Waals surface area (Å²) in [5.41, 5.74) is 2.63. The molecule has 42 heavy (non-hydrogen) atoms. The second kappa shape index (κ2) is 12.5. The number of nitrogens with zero attached hydrogens (tertiary/aromatic N) is 7. The van der Waals surface area contributed by atoms with E-state index in [1.165, 1.54) is 18.5 Å². The molecule has 0 atom stereocenters. The molecular weight excluding hydrogens is 547 g/mol. The van der Waals surface area contributed by atoms with Gasteiger partial charge in [-0.2, -0.15) is 18.4 Å². The number of halogens is 3. The van der Waals surface area contributed by atoms with Crippen LogP contribution < -0.4 is 15.5 Å². The van der Waals surface area contributed by atoms with Gasteiger partial charge in [0.05, 0.1) is 30.0 Å². The van der Waals surface area contributed by atoms with Crippen LogP contribution in [0.4, 0.5) is 36.3 Å². The largest absolute Gasteiger partial charge is 0.417 e. The molecule has 3 heterocycles. The molecule has 10 nitrogen and oxygen atoms in total. The quantitative estimate of drug-likeness (QED) is 0.289. The van der Waals surface area contributed by atoms with E-state index in [-0.39, 0.29) is 12.2 Å². The molecule has 4 aromatic rings. The van der Waals surface area contributed by atoms with Crippen LogP contribution >= 0.6 is 0 Å². The lowest BCUT2D eigenvalue weighted by atomic mass is 10.1. The van der Waals surface area contributed by atoms with Gasteiger partial charge in [-0.1, -0.05) is 12.1 Å². The number of nitrogens with one attached hydrogen (secondary N) is 2. The second-order valence-corrected chi connectivity index (χ2v) is 9.95. The lowest BCUT2D eigenvalue weighted by Gasteiger charge is -2.34. The van der Waals surface area contributed by atoms with Crippen LogP contribution in [0.5, 0.6) is 0 Å². The summed E-state index contributed by atoms with van der Waals surface area (Å²) in [6.07, 6.45) is -1.47. The fourth-order valence-corrected chi connectivity index (χ4v) is 4.71. The topological polar surface area (TPSA) is 115 Å². The maximum absolute atomic E-state index is 13.4. The summed E-state index contributed by atoms with van der Waals surface area (Å²) in [5, 5.41) is 15.4. The summed E-state index contributed by atoms with van der Waals surface area (Å²) < 4.78 is 45.3. The predicted molar refractivity (Wildman–Crippen MR) is 154 cm³/mol. The van der Waals surface area contributed by atoms with Crippen molar-refractivity contribution in [2.24, 2.45) is 0 Å². The first kappa shape index (κ1) is 29.0. The number of anilines is 4. The molecule has 0 spiro atoms. The van der Waals surface area contributed by atoms with Crippen molar-refractivity contribution in [3.8, 4) is 6.07 Å². The Kier molecular flexibility index (Phi) is 8.65. The van der Waals surface area contributed by atoms with Crippen LogP contribution in [0.25, 0.3) is 11.0 Å². The van der Waals surface area contributed by atoms with Crippen LogP contribution in [0.3, 0.4) is 0 Å². The monoisotopic (exact) mass is 577 g/mol. The van der Waals surface area contributed by atoms with Gasteiger partial charge < -0.3 is 20.3 Å². The molecule has 2 N–H and O–H groups in total. The zero-order valence-corrected chi connectivity index (χ0v) is 23.2. The summed E-state index contributed by atoms with van der Waals surface area (Å²) in [7, 11) is 1.70. The third-order valence-electron chi connectivity index (χ3n) is 7.13. The normalized spacial score (nSPS) is 14.1. The van der Waals surface area contributed by atoms with Gasteiger partial charge in [-0.05, 0) is 42.3 Å². The zero-order chi connectivity index (χ0) is 29.7. The van der Waals surface area contributed by atoms with E-state index in [0.29, 0.717) is 29.4 Å². The molecule has 1 saturated heterocycles. The van der Waals surface area contributed by atoms with E-state index < -0.39 is 17.3 Å². The van der Waals surface area contributed by atoms with Crippen LogP contribution in [0.15, 0.2) is 48.9 Å². The molecule has 0 aliphatic carbocycles. The van der Waals surface area contributed by atoms with E-state index in [2.05, 4.69) is 35.4 Å². The van der Waals surface area contributed by atoms with Crippen LogP contribution in [-0.4, -0.2) is 71.3 Å². The van der Waals surface area contributed by atoms with Gasteiger partial charge in [0.25, 0.3) is 0 Å². The number of nitriles is 1. The van der Waals surface area contributed by atoms with Crippen LogP contribution in [-0.2, 0) is 17.5 Å². The van der Waals surface area contributed by atoms with Crippen molar-refractivity contribution in [1.82, 2.24) is 24.8 Å². The van der Waals surface area contributed by atoms with E-state index >= 15 is 0 Å². The lowest BCUT2D eigenvalue weighted by molar-refractivity contribution is -0.137. The molecule has 0 radical (unpaired) electrons. The molecule has 0 unspecified atom stereocenters. The molecule has 1 aliphatic heterocycles. The number of fused-ring (bicyclic) bond motifs is 1. The van der Waals surface area contributed by atoms with E-state index in [1.54, 1.807) is 19.4 Å². The highest BCUT2D eigenvalue weighted by Gasteiger charge is 2.33. The van der Waals surface area contributed by atoms with Crippen molar-refractivity contribution in [2.75, 3.05) is 62.0 Å². The van der Waals surface area contributed by atoms with Gasteiger partial charge >= 0.3 is 6.18 Å². The van der Waals surface area contributed by atoms with Crippen LogP contribution in [0, 0.1) is 18.3 Å². The molecule has 0 saturated carbocycles. The van der Waals surface area contributed by atoms with Gasteiger partial charge in [-0.3, -0.25) is 4.90 Å². The van der Waals surface area contributed by atoms with Crippen LogP contribution in [0.2, 0.25) is 0 Å². The molecule has 2 aromatic carbocycles. The van der Waals surface area contributed by atoms with Gasteiger partial charge in [0.2, 0.25) is 5.95 Å². The predicted octanol–water partition coefficient (Wildman–Crippen LogP) is 4.74. The molecule has 2 aromatic heterocycles. The molecule has 0 bridgehead atoms. The fraction of sp³-hybridized carbons (Fsp3) is 0.345. The number of piperazine rings is 1. The van der Waals surface area contributed by atoms with E-state index in [4.69, 9.17) is 15.0 Å². The van der Waals surface area contributed by atoms with Gasteiger partial charge in [-0.25, -0.2) is 19.9 Å². The molecule has 218 valence electrons. The van der Waals surface area contributed by atoms with Crippen molar-refractivity contribution in [3.05, 3.63) is 71.2 Å². The Balaban J connectivity index is 1.32. The minimum absolute atomic E-state index is 0.266. The second-order valence-electron chi connectivity index (χ2n) is 9.95. The number of hydrogen-bond donors (Lipinski definition) is 2. The van der Waals surface area contributed by atoms with Gasteiger partial charge in [-0.15, -0.1) is 0 Å². The Bertz CT molecular complexity index is 1600. The first-order chi connectivity index (χ1) is 20.2. The number of methoxy groups -OCH3 is 1. The summed E-state index contributed by atoms with van der Waals surface area (Å²) in [5.74, 6) is 1.14. The SMILES string of the molecule is COCCN1CCN(c2ncc3ncnc(Nc4cc(CNc5ccc(C#N)c(C(F)(F)F)c5)ccc4C)c3n2)CC1. The highest BCUT2D eigenvalue weighted by molar-refractivity contribution is 5.87. The van der Waals surface area contributed by atoms with Crippen molar-refractivity contribution in [3.63, 3.8) is 0 Å². The Morgan fingerprint density at radius 3 is 2.60 bits per heavy atom. The third kappa shape index (κ3) is 6.67. The minimum Gasteiger partial charge on any atom is -0.383 e. The molecule has 1 aliphatic rings. The highest BCUT2D eigenvalue weighted by atomic mass is 19.4. The molecule has 5 rings (SSSR count). The number of hydrogen-bond acceptors (Lipinski definition) is 10.